The summed E-state index contributed by atoms with van der Waals surface area (Å²) in [6.07, 6.45) is 3.62. The number of hydrogen-bond donors (Lipinski definition) is 0. The summed E-state index contributed by atoms with van der Waals surface area (Å²) in [5, 5.41) is 0. The minimum Gasteiger partial charge on any atom is -0.380 e. The number of sulfonamides is 1. The minimum atomic E-state index is -3.23. The first-order chi connectivity index (χ1) is 8.43. The fourth-order valence-electron chi connectivity index (χ4n) is 2.28. The number of hydrogen-bond acceptors (Lipinski definition) is 4. The van der Waals surface area contributed by atoms with Crippen LogP contribution in [0.25, 0.3) is 0 Å². The molecule has 1 aromatic rings. The zero-order chi connectivity index (χ0) is 13.3. The number of fused-ring (bicyclic) bond motifs is 1. The molecular formula is C11H19N3O3S. The van der Waals surface area contributed by atoms with E-state index < -0.39 is 10.0 Å². The molecule has 0 bridgehead atoms. The summed E-state index contributed by atoms with van der Waals surface area (Å²) in [6, 6.07) is -0.136. The second-order valence-electron chi connectivity index (χ2n) is 4.57. The molecule has 7 heteroatoms. The van der Waals surface area contributed by atoms with Gasteiger partial charge >= 0.3 is 0 Å². The highest BCUT2D eigenvalue weighted by molar-refractivity contribution is 7.88. The van der Waals surface area contributed by atoms with Crippen LogP contribution in [0.4, 0.5) is 0 Å². The van der Waals surface area contributed by atoms with Crippen LogP contribution in [-0.4, -0.2) is 47.8 Å². The first-order valence-corrected chi connectivity index (χ1v) is 7.82. The lowest BCUT2D eigenvalue weighted by Crippen LogP contribution is -2.46. The van der Waals surface area contributed by atoms with Crippen LogP contribution in [0.1, 0.15) is 18.3 Å². The molecule has 1 unspecified atom stereocenters. The predicted molar refractivity (Wildman–Crippen MR) is 67.6 cm³/mol. The summed E-state index contributed by atoms with van der Waals surface area (Å²) in [4.78, 5) is 4.25. The quantitative estimate of drug-likeness (QED) is 0.783. The summed E-state index contributed by atoms with van der Waals surface area (Å²) in [5.41, 5.74) is 1.94. The predicted octanol–water partition coefficient (Wildman–Crippen LogP) is 0.143. The maximum absolute atomic E-state index is 11.8. The molecule has 0 radical (unpaired) electrons. The van der Waals surface area contributed by atoms with Crippen molar-refractivity contribution in [3.63, 3.8) is 0 Å². The van der Waals surface area contributed by atoms with Crippen molar-refractivity contribution >= 4 is 10.0 Å². The first kappa shape index (κ1) is 13.5. The van der Waals surface area contributed by atoms with Crippen molar-refractivity contribution in [2.75, 3.05) is 19.5 Å². The Kier molecular flexibility index (Phi) is 3.74. The Bertz CT molecular complexity index is 524. The Hall–Kier alpha value is -0.920. The molecule has 0 N–H and O–H groups in total. The van der Waals surface area contributed by atoms with Crippen molar-refractivity contribution in [3.05, 3.63) is 17.7 Å². The van der Waals surface area contributed by atoms with Crippen LogP contribution < -0.4 is 0 Å². The second-order valence-corrected chi connectivity index (χ2v) is 6.51. The number of aryl methyl sites for hydroxylation is 1. The third kappa shape index (κ3) is 2.57. The zero-order valence-corrected chi connectivity index (χ0v) is 11.8. The van der Waals surface area contributed by atoms with Gasteiger partial charge in [-0.1, -0.05) is 0 Å². The van der Waals surface area contributed by atoms with Crippen molar-refractivity contribution < 1.29 is 13.2 Å². The van der Waals surface area contributed by atoms with Gasteiger partial charge in [0.25, 0.3) is 0 Å². The fourth-order valence-corrected chi connectivity index (χ4v) is 3.32. The number of rotatable bonds is 4. The number of imidazole rings is 1. The second kappa shape index (κ2) is 4.99. The molecule has 0 saturated carbocycles. The molecule has 1 aromatic heterocycles. The highest BCUT2D eigenvalue weighted by Gasteiger charge is 2.34. The first-order valence-electron chi connectivity index (χ1n) is 5.97. The molecule has 102 valence electrons. The van der Waals surface area contributed by atoms with Crippen molar-refractivity contribution in [2.45, 2.75) is 25.9 Å². The molecule has 1 aliphatic heterocycles. The minimum absolute atomic E-state index is 0.136. The van der Waals surface area contributed by atoms with Gasteiger partial charge in [-0.25, -0.2) is 13.4 Å². The highest BCUT2D eigenvalue weighted by Crippen LogP contribution is 2.24. The van der Waals surface area contributed by atoms with Gasteiger partial charge in [-0.3, -0.25) is 0 Å². The smallest absolute Gasteiger partial charge is 0.211 e. The lowest BCUT2D eigenvalue weighted by atomic mass is 10.1. The van der Waals surface area contributed by atoms with Crippen LogP contribution in [0, 0.1) is 0 Å². The molecule has 6 nitrogen and oxygen atoms in total. The van der Waals surface area contributed by atoms with Crippen LogP contribution in [0.2, 0.25) is 0 Å². The van der Waals surface area contributed by atoms with Gasteiger partial charge in [0.05, 0.1) is 37.5 Å². The van der Waals surface area contributed by atoms with Crippen molar-refractivity contribution in [1.82, 2.24) is 13.9 Å². The SMILES string of the molecule is CCOCC1Cc2c(ncn2C)CN1S(C)(=O)=O. The van der Waals surface area contributed by atoms with Crippen LogP contribution in [0.15, 0.2) is 6.33 Å². The number of ether oxygens (including phenoxy) is 1. The molecule has 0 amide bonds. The molecule has 18 heavy (non-hydrogen) atoms. The van der Waals surface area contributed by atoms with E-state index in [2.05, 4.69) is 4.98 Å². The lowest BCUT2D eigenvalue weighted by Gasteiger charge is -2.33. The molecule has 1 atom stereocenters. The summed E-state index contributed by atoms with van der Waals surface area (Å²) < 4.78 is 32.5. The van der Waals surface area contributed by atoms with Crippen molar-refractivity contribution in [3.8, 4) is 0 Å². The van der Waals surface area contributed by atoms with Crippen molar-refractivity contribution in [1.29, 1.82) is 0 Å². The number of aromatic nitrogens is 2. The van der Waals surface area contributed by atoms with E-state index in [1.54, 1.807) is 6.33 Å². The molecule has 0 fully saturated rings. The van der Waals surface area contributed by atoms with Crippen LogP contribution >= 0.6 is 0 Å². The Labute approximate surface area is 108 Å². The molecule has 0 aromatic carbocycles. The van der Waals surface area contributed by atoms with Gasteiger partial charge < -0.3 is 9.30 Å². The Morgan fingerprint density at radius 3 is 2.89 bits per heavy atom. The molecule has 0 saturated heterocycles. The Morgan fingerprint density at radius 1 is 1.56 bits per heavy atom. The summed E-state index contributed by atoms with van der Waals surface area (Å²) >= 11 is 0. The third-order valence-electron chi connectivity index (χ3n) is 3.23. The van der Waals surface area contributed by atoms with Gasteiger partial charge in [0.15, 0.2) is 0 Å². The lowest BCUT2D eigenvalue weighted by molar-refractivity contribution is 0.0905. The van der Waals surface area contributed by atoms with Gasteiger partial charge in [-0.05, 0) is 6.92 Å². The molecule has 2 rings (SSSR count). The largest absolute Gasteiger partial charge is 0.380 e. The van der Waals surface area contributed by atoms with E-state index in [0.29, 0.717) is 26.2 Å². The summed E-state index contributed by atoms with van der Waals surface area (Å²) in [7, 11) is -1.30. The molecule has 0 aliphatic carbocycles. The fraction of sp³-hybridized carbons (Fsp3) is 0.727. The van der Waals surface area contributed by atoms with Gasteiger partial charge in [0, 0.05) is 25.8 Å². The Morgan fingerprint density at radius 2 is 2.28 bits per heavy atom. The van der Waals surface area contributed by atoms with Crippen LogP contribution in [0.5, 0.6) is 0 Å². The normalized spacial score (nSPS) is 20.9. The van der Waals surface area contributed by atoms with Crippen LogP contribution in [0.3, 0.4) is 0 Å². The standard InChI is InChI=1S/C11H19N3O3S/c1-4-17-7-9-5-11-10(12-8-13(11)2)6-14(9)18(3,15)16/h8-9H,4-7H2,1-3H3. The van der Waals surface area contributed by atoms with E-state index in [-0.39, 0.29) is 6.04 Å². The van der Waals surface area contributed by atoms with Gasteiger partial charge in [0.2, 0.25) is 10.0 Å². The average molecular weight is 273 g/mol. The van der Waals surface area contributed by atoms with Gasteiger partial charge in [-0.15, -0.1) is 0 Å². The van der Waals surface area contributed by atoms with E-state index in [1.165, 1.54) is 10.6 Å². The third-order valence-corrected chi connectivity index (χ3v) is 4.51. The molecule has 1 aliphatic rings. The molecule has 2 heterocycles. The number of nitrogens with zero attached hydrogens (tertiary/aromatic N) is 3. The van der Waals surface area contributed by atoms with Crippen LogP contribution in [-0.2, 0) is 34.8 Å². The van der Waals surface area contributed by atoms with E-state index in [0.717, 1.165) is 11.4 Å². The van der Waals surface area contributed by atoms with Gasteiger partial charge in [-0.2, -0.15) is 4.31 Å². The molecular weight excluding hydrogens is 254 g/mol. The van der Waals surface area contributed by atoms with E-state index in [9.17, 15) is 8.42 Å². The maximum Gasteiger partial charge on any atom is 0.211 e. The average Bonchev–Trinajstić information content (AvgIpc) is 2.66. The van der Waals surface area contributed by atoms with E-state index in [4.69, 9.17) is 4.74 Å². The Balaban J connectivity index is 2.29. The molecule has 0 spiro atoms. The van der Waals surface area contributed by atoms with Gasteiger partial charge in [0.1, 0.15) is 0 Å². The van der Waals surface area contributed by atoms with Crippen molar-refractivity contribution in [2.24, 2.45) is 7.05 Å². The topological polar surface area (TPSA) is 64.4 Å². The zero-order valence-electron chi connectivity index (χ0n) is 11.0. The van der Waals surface area contributed by atoms with E-state index in [1.807, 2.05) is 18.5 Å². The highest BCUT2D eigenvalue weighted by atomic mass is 32.2. The monoisotopic (exact) mass is 273 g/mol. The maximum atomic E-state index is 11.8. The summed E-state index contributed by atoms with van der Waals surface area (Å²) in [5.74, 6) is 0. The summed E-state index contributed by atoms with van der Waals surface area (Å²) in [6.45, 7) is 3.26. The van der Waals surface area contributed by atoms with E-state index >= 15 is 0 Å².